The Kier molecular flexibility index (Phi) is 5.94. The molecule has 2 heterocycles. The molecule has 0 unspecified atom stereocenters. The van der Waals surface area contributed by atoms with Crippen LogP contribution in [-0.2, 0) is 0 Å². The van der Waals surface area contributed by atoms with E-state index in [1.54, 1.807) is 18.3 Å². The third-order valence-electron chi connectivity index (χ3n) is 4.12. The van der Waals surface area contributed by atoms with Gasteiger partial charge in [-0.3, -0.25) is 4.79 Å². The maximum absolute atomic E-state index is 12.6. The Bertz CT molecular complexity index is 758. The van der Waals surface area contributed by atoms with Crippen LogP contribution in [0.3, 0.4) is 0 Å². The maximum atomic E-state index is 12.6. The molecule has 0 radical (unpaired) electrons. The average molecular weight is 355 g/mol. The van der Waals surface area contributed by atoms with E-state index in [4.69, 9.17) is 9.47 Å². The molecule has 1 aromatic carbocycles. The van der Waals surface area contributed by atoms with Crippen LogP contribution in [-0.4, -0.2) is 37.2 Å². The van der Waals surface area contributed by atoms with Crippen LogP contribution in [0.4, 0.5) is 11.5 Å². The van der Waals surface area contributed by atoms with Crippen molar-refractivity contribution in [2.75, 3.05) is 36.5 Å². The number of rotatable bonds is 7. The molecule has 6 nitrogen and oxygen atoms in total. The van der Waals surface area contributed by atoms with Crippen LogP contribution in [0.2, 0.25) is 0 Å². The molecule has 0 aliphatic carbocycles. The zero-order valence-corrected chi connectivity index (χ0v) is 15.3. The number of fused-ring (bicyclic) bond motifs is 1. The summed E-state index contributed by atoms with van der Waals surface area (Å²) in [5, 5.41) is 2.92. The number of amides is 1. The fourth-order valence-electron chi connectivity index (χ4n) is 2.94. The molecule has 1 aliphatic heterocycles. The van der Waals surface area contributed by atoms with Crippen molar-refractivity contribution < 1.29 is 14.3 Å². The molecule has 0 spiro atoms. The first-order valence-electron chi connectivity index (χ1n) is 9.13. The number of nitrogens with zero attached hydrogens (tertiary/aromatic N) is 2. The topological polar surface area (TPSA) is 63.7 Å². The highest BCUT2D eigenvalue weighted by atomic mass is 16.6. The van der Waals surface area contributed by atoms with Crippen molar-refractivity contribution in [1.82, 2.24) is 4.98 Å². The predicted octanol–water partition coefficient (Wildman–Crippen LogP) is 3.73. The number of carbonyl (C=O) groups is 1. The van der Waals surface area contributed by atoms with E-state index >= 15 is 0 Å². The SMILES string of the molecule is CCCN(CCC)c1cc(C(=O)Nc2ccc3c(c2)OCCO3)ccn1. The fourth-order valence-corrected chi connectivity index (χ4v) is 2.94. The van der Waals surface area contributed by atoms with Crippen molar-refractivity contribution >= 4 is 17.4 Å². The second-order valence-corrected chi connectivity index (χ2v) is 6.20. The first-order chi connectivity index (χ1) is 12.7. The summed E-state index contributed by atoms with van der Waals surface area (Å²) in [5.74, 6) is 2.03. The van der Waals surface area contributed by atoms with Crippen molar-refractivity contribution in [2.24, 2.45) is 0 Å². The molecule has 2 aromatic rings. The van der Waals surface area contributed by atoms with Gasteiger partial charge in [0.05, 0.1) is 0 Å². The number of aromatic nitrogens is 1. The molecule has 1 aromatic heterocycles. The summed E-state index contributed by atoms with van der Waals surface area (Å²) >= 11 is 0. The minimum absolute atomic E-state index is 0.168. The van der Waals surface area contributed by atoms with E-state index in [1.165, 1.54) is 0 Å². The molecule has 0 saturated carbocycles. The minimum atomic E-state index is -0.168. The first-order valence-corrected chi connectivity index (χ1v) is 9.13. The van der Waals surface area contributed by atoms with Gasteiger partial charge in [0.1, 0.15) is 19.0 Å². The van der Waals surface area contributed by atoms with Gasteiger partial charge >= 0.3 is 0 Å². The van der Waals surface area contributed by atoms with E-state index in [-0.39, 0.29) is 5.91 Å². The second kappa shape index (κ2) is 8.56. The highest BCUT2D eigenvalue weighted by Crippen LogP contribution is 2.32. The summed E-state index contributed by atoms with van der Waals surface area (Å²) < 4.78 is 11.1. The number of anilines is 2. The van der Waals surface area contributed by atoms with Gasteiger partial charge in [0, 0.05) is 36.6 Å². The molecule has 26 heavy (non-hydrogen) atoms. The predicted molar refractivity (Wildman–Crippen MR) is 102 cm³/mol. The number of hydrogen-bond donors (Lipinski definition) is 1. The number of nitrogens with one attached hydrogen (secondary N) is 1. The normalized spacial score (nSPS) is 12.5. The fraction of sp³-hybridized carbons (Fsp3) is 0.400. The number of ether oxygens (including phenoxy) is 2. The monoisotopic (exact) mass is 355 g/mol. The first kappa shape index (κ1) is 18.0. The van der Waals surface area contributed by atoms with Gasteiger partial charge in [-0.15, -0.1) is 0 Å². The largest absolute Gasteiger partial charge is 0.486 e. The van der Waals surface area contributed by atoms with E-state index in [2.05, 4.69) is 29.0 Å². The molecule has 1 N–H and O–H groups in total. The Morgan fingerprint density at radius 1 is 1.08 bits per heavy atom. The van der Waals surface area contributed by atoms with Crippen LogP contribution in [0.15, 0.2) is 36.5 Å². The van der Waals surface area contributed by atoms with E-state index < -0.39 is 0 Å². The van der Waals surface area contributed by atoms with Crippen molar-refractivity contribution in [1.29, 1.82) is 0 Å². The minimum Gasteiger partial charge on any atom is -0.486 e. The summed E-state index contributed by atoms with van der Waals surface area (Å²) in [6.45, 7) is 7.19. The molecule has 3 rings (SSSR count). The molecule has 138 valence electrons. The Labute approximate surface area is 154 Å². The Morgan fingerprint density at radius 2 is 1.81 bits per heavy atom. The van der Waals surface area contributed by atoms with Gasteiger partial charge in [-0.2, -0.15) is 0 Å². The molecule has 0 bridgehead atoms. The highest BCUT2D eigenvalue weighted by molar-refractivity contribution is 6.04. The molecule has 1 aliphatic rings. The lowest BCUT2D eigenvalue weighted by Gasteiger charge is -2.23. The zero-order valence-electron chi connectivity index (χ0n) is 15.3. The number of hydrogen-bond acceptors (Lipinski definition) is 5. The maximum Gasteiger partial charge on any atom is 0.255 e. The Balaban J connectivity index is 1.74. The summed E-state index contributed by atoms with van der Waals surface area (Å²) in [7, 11) is 0. The summed E-state index contributed by atoms with van der Waals surface area (Å²) in [5.41, 5.74) is 1.26. The van der Waals surface area contributed by atoms with Gasteiger partial charge in [0.25, 0.3) is 5.91 Å². The molecular formula is C20H25N3O3. The van der Waals surface area contributed by atoms with Crippen LogP contribution < -0.4 is 19.7 Å². The number of pyridine rings is 1. The van der Waals surface area contributed by atoms with E-state index in [0.29, 0.717) is 36.0 Å². The molecule has 6 heteroatoms. The average Bonchev–Trinajstić information content (AvgIpc) is 2.68. The van der Waals surface area contributed by atoms with Crippen molar-refractivity contribution in [2.45, 2.75) is 26.7 Å². The summed E-state index contributed by atoms with van der Waals surface area (Å²) in [6, 6.07) is 8.99. The van der Waals surface area contributed by atoms with Crippen molar-refractivity contribution in [3.05, 3.63) is 42.1 Å². The number of benzene rings is 1. The van der Waals surface area contributed by atoms with E-state index in [0.717, 1.165) is 31.7 Å². The Hall–Kier alpha value is -2.76. The van der Waals surface area contributed by atoms with Crippen LogP contribution in [0.5, 0.6) is 11.5 Å². The van der Waals surface area contributed by atoms with Gasteiger partial charge in [0.15, 0.2) is 11.5 Å². The molecule has 1 amide bonds. The van der Waals surface area contributed by atoms with E-state index in [9.17, 15) is 4.79 Å². The molecule has 0 atom stereocenters. The van der Waals surface area contributed by atoms with Gasteiger partial charge in [0.2, 0.25) is 0 Å². The third-order valence-corrected chi connectivity index (χ3v) is 4.12. The zero-order chi connectivity index (χ0) is 18.4. The molecule has 0 saturated heterocycles. The molecular weight excluding hydrogens is 330 g/mol. The number of carbonyl (C=O) groups excluding carboxylic acids is 1. The van der Waals surface area contributed by atoms with Crippen LogP contribution in [0.1, 0.15) is 37.0 Å². The lowest BCUT2D eigenvalue weighted by atomic mass is 10.2. The Morgan fingerprint density at radius 3 is 2.54 bits per heavy atom. The standard InChI is InChI=1S/C20H25N3O3/c1-3-9-23(10-4-2)19-13-15(7-8-21-19)20(24)22-16-5-6-17-18(14-16)26-12-11-25-17/h5-8,13-14H,3-4,9-12H2,1-2H3,(H,22,24). The van der Waals surface area contributed by atoms with Crippen LogP contribution in [0, 0.1) is 0 Å². The van der Waals surface area contributed by atoms with Gasteiger partial charge in [-0.1, -0.05) is 13.8 Å². The smallest absolute Gasteiger partial charge is 0.255 e. The third kappa shape index (κ3) is 4.25. The lowest BCUT2D eigenvalue weighted by Crippen LogP contribution is -2.26. The van der Waals surface area contributed by atoms with Crippen molar-refractivity contribution in [3.63, 3.8) is 0 Å². The lowest BCUT2D eigenvalue weighted by molar-refractivity contribution is 0.102. The van der Waals surface area contributed by atoms with E-state index in [1.807, 2.05) is 18.2 Å². The quantitative estimate of drug-likeness (QED) is 0.820. The highest BCUT2D eigenvalue weighted by Gasteiger charge is 2.15. The van der Waals surface area contributed by atoms with Gasteiger partial charge < -0.3 is 19.7 Å². The summed E-state index contributed by atoms with van der Waals surface area (Å²) in [6.07, 6.45) is 3.76. The molecule has 0 fully saturated rings. The van der Waals surface area contributed by atoms with Crippen LogP contribution >= 0.6 is 0 Å². The van der Waals surface area contributed by atoms with Crippen LogP contribution in [0.25, 0.3) is 0 Å². The summed E-state index contributed by atoms with van der Waals surface area (Å²) in [4.78, 5) is 19.3. The van der Waals surface area contributed by atoms with Crippen molar-refractivity contribution in [3.8, 4) is 11.5 Å². The van der Waals surface area contributed by atoms with Gasteiger partial charge in [-0.05, 0) is 37.1 Å². The second-order valence-electron chi connectivity index (χ2n) is 6.20. The van der Waals surface area contributed by atoms with Gasteiger partial charge in [-0.25, -0.2) is 4.98 Å².